The van der Waals surface area contributed by atoms with E-state index < -0.39 is 5.97 Å². The first-order valence-corrected chi connectivity index (χ1v) is 6.70. The summed E-state index contributed by atoms with van der Waals surface area (Å²) in [5, 5.41) is 12.6. The van der Waals surface area contributed by atoms with Crippen LogP contribution in [-0.2, 0) is 0 Å². The summed E-state index contributed by atoms with van der Waals surface area (Å²) < 4.78 is 0. The molecule has 1 unspecified atom stereocenters. The largest absolute Gasteiger partial charge is 0.478 e. The first-order chi connectivity index (χ1) is 8.60. The summed E-state index contributed by atoms with van der Waals surface area (Å²) in [6, 6.07) is 5.96. The predicted molar refractivity (Wildman–Crippen MR) is 73.2 cm³/mol. The first kappa shape index (κ1) is 12.9. The van der Waals surface area contributed by atoms with Gasteiger partial charge < -0.3 is 10.4 Å². The van der Waals surface area contributed by atoms with E-state index in [1.807, 2.05) is 19.1 Å². The van der Waals surface area contributed by atoms with Crippen molar-refractivity contribution in [1.82, 2.24) is 0 Å². The third-order valence-corrected chi connectivity index (χ3v) is 3.57. The van der Waals surface area contributed by atoms with Gasteiger partial charge in [-0.2, -0.15) is 0 Å². The number of benzene rings is 1. The van der Waals surface area contributed by atoms with E-state index in [9.17, 15) is 9.90 Å². The summed E-state index contributed by atoms with van der Waals surface area (Å²) >= 11 is 0. The number of aryl methyl sites for hydroxylation is 1. The lowest BCUT2D eigenvalue weighted by Gasteiger charge is -2.19. The number of aromatic carboxylic acids is 1. The maximum atomic E-state index is 11.2. The minimum atomic E-state index is -0.859. The average Bonchev–Trinajstić information content (AvgIpc) is 3.14. The molecule has 1 atom stereocenters. The van der Waals surface area contributed by atoms with E-state index in [0.717, 1.165) is 30.0 Å². The molecule has 1 aliphatic rings. The lowest BCUT2D eigenvalue weighted by molar-refractivity contribution is 0.0698. The predicted octanol–water partition coefficient (Wildman–Crippen LogP) is 3.68. The van der Waals surface area contributed by atoms with Gasteiger partial charge in [-0.3, -0.25) is 0 Å². The Bertz CT molecular complexity index is 438. The van der Waals surface area contributed by atoms with Gasteiger partial charge in [-0.15, -0.1) is 0 Å². The highest BCUT2D eigenvalue weighted by Gasteiger charge is 2.25. The maximum Gasteiger partial charge on any atom is 0.337 e. The molecular weight excluding hydrogens is 226 g/mol. The molecule has 3 nitrogen and oxygen atoms in total. The molecule has 1 aromatic carbocycles. The zero-order valence-corrected chi connectivity index (χ0v) is 11.1. The quantitative estimate of drug-likeness (QED) is 0.806. The number of rotatable bonds is 6. The Hall–Kier alpha value is -1.51. The zero-order chi connectivity index (χ0) is 13.1. The topological polar surface area (TPSA) is 49.3 Å². The van der Waals surface area contributed by atoms with E-state index >= 15 is 0 Å². The molecule has 98 valence electrons. The second-order valence-corrected chi connectivity index (χ2v) is 5.28. The molecular formula is C15H21NO2. The van der Waals surface area contributed by atoms with Crippen molar-refractivity contribution in [2.24, 2.45) is 5.92 Å². The van der Waals surface area contributed by atoms with Crippen molar-refractivity contribution < 1.29 is 9.90 Å². The highest BCUT2D eigenvalue weighted by atomic mass is 16.4. The van der Waals surface area contributed by atoms with Crippen LogP contribution in [0.3, 0.4) is 0 Å². The van der Waals surface area contributed by atoms with Crippen LogP contribution >= 0.6 is 0 Å². The first-order valence-electron chi connectivity index (χ1n) is 6.70. The fourth-order valence-corrected chi connectivity index (χ4v) is 2.26. The molecule has 0 heterocycles. The minimum Gasteiger partial charge on any atom is -0.478 e. The molecule has 18 heavy (non-hydrogen) atoms. The highest BCUT2D eigenvalue weighted by Crippen LogP contribution is 2.35. The zero-order valence-electron chi connectivity index (χ0n) is 11.1. The van der Waals surface area contributed by atoms with Crippen molar-refractivity contribution in [3.8, 4) is 0 Å². The van der Waals surface area contributed by atoms with Crippen molar-refractivity contribution in [2.45, 2.75) is 45.6 Å². The Kier molecular flexibility index (Phi) is 3.90. The van der Waals surface area contributed by atoms with E-state index in [-0.39, 0.29) is 0 Å². The van der Waals surface area contributed by atoms with Crippen LogP contribution < -0.4 is 5.32 Å². The third-order valence-electron chi connectivity index (χ3n) is 3.57. The Morgan fingerprint density at radius 1 is 1.50 bits per heavy atom. The van der Waals surface area contributed by atoms with Gasteiger partial charge in [0.2, 0.25) is 0 Å². The Morgan fingerprint density at radius 3 is 2.78 bits per heavy atom. The number of hydrogen-bond acceptors (Lipinski definition) is 2. The van der Waals surface area contributed by atoms with E-state index in [1.54, 1.807) is 6.07 Å². The summed E-state index contributed by atoms with van der Waals surface area (Å²) in [5.74, 6) is -0.0105. The van der Waals surface area contributed by atoms with E-state index in [1.165, 1.54) is 12.8 Å². The molecule has 0 bridgehead atoms. The maximum absolute atomic E-state index is 11.2. The van der Waals surface area contributed by atoms with Crippen molar-refractivity contribution in [3.05, 3.63) is 29.3 Å². The summed E-state index contributed by atoms with van der Waals surface area (Å²) in [4.78, 5) is 11.2. The average molecular weight is 247 g/mol. The van der Waals surface area contributed by atoms with Gasteiger partial charge in [-0.1, -0.05) is 31.4 Å². The van der Waals surface area contributed by atoms with Crippen LogP contribution in [0.5, 0.6) is 0 Å². The van der Waals surface area contributed by atoms with E-state index in [4.69, 9.17) is 0 Å². The van der Waals surface area contributed by atoms with Gasteiger partial charge in [-0.25, -0.2) is 4.79 Å². The number of carbonyl (C=O) groups is 1. The van der Waals surface area contributed by atoms with Gasteiger partial charge >= 0.3 is 5.97 Å². The lowest BCUT2D eigenvalue weighted by atomic mass is 10.0. The molecule has 0 radical (unpaired) electrons. The van der Waals surface area contributed by atoms with Crippen LogP contribution in [-0.4, -0.2) is 17.1 Å². The van der Waals surface area contributed by atoms with Crippen LogP contribution in [0.25, 0.3) is 0 Å². The molecule has 0 spiro atoms. The number of carboxylic acids is 1. The summed E-state index contributed by atoms with van der Waals surface area (Å²) in [5.41, 5.74) is 2.11. The smallest absolute Gasteiger partial charge is 0.337 e. The number of anilines is 1. The summed E-state index contributed by atoms with van der Waals surface area (Å²) in [6.45, 7) is 4.06. The van der Waals surface area contributed by atoms with Crippen LogP contribution in [0.4, 0.5) is 5.69 Å². The van der Waals surface area contributed by atoms with Crippen LogP contribution in [0.1, 0.15) is 48.5 Å². The van der Waals surface area contributed by atoms with E-state index in [0.29, 0.717) is 11.6 Å². The molecule has 2 N–H and O–H groups in total. The van der Waals surface area contributed by atoms with Crippen molar-refractivity contribution in [3.63, 3.8) is 0 Å². The molecule has 0 aromatic heterocycles. The molecule has 0 aliphatic heterocycles. The Morgan fingerprint density at radius 2 is 2.22 bits per heavy atom. The normalized spacial score (nSPS) is 16.3. The van der Waals surface area contributed by atoms with Gasteiger partial charge in [-0.05, 0) is 37.8 Å². The molecule has 3 heteroatoms. The van der Waals surface area contributed by atoms with Crippen LogP contribution in [0.2, 0.25) is 0 Å². The molecule has 0 saturated heterocycles. The van der Waals surface area contributed by atoms with Gasteiger partial charge in [0.15, 0.2) is 0 Å². The lowest BCUT2D eigenvalue weighted by Crippen LogP contribution is -2.20. The third kappa shape index (κ3) is 3.25. The number of hydrogen-bond donors (Lipinski definition) is 2. The fourth-order valence-electron chi connectivity index (χ4n) is 2.26. The van der Waals surface area contributed by atoms with Gasteiger partial charge in [0.05, 0.1) is 5.56 Å². The van der Waals surface area contributed by atoms with Crippen molar-refractivity contribution in [2.75, 3.05) is 5.32 Å². The molecule has 2 rings (SSSR count). The van der Waals surface area contributed by atoms with Gasteiger partial charge in [0.1, 0.15) is 0 Å². The molecule has 1 aliphatic carbocycles. The molecule has 0 amide bonds. The molecule has 1 saturated carbocycles. The van der Waals surface area contributed by atoms with Crippen LogP contribution in [0.15, 0.2) is 18.2 Å². The van der Waals surface area contributed by atoms with Crippen molar-refractivity contribution in [1.29, 1.82) is 0 Å². The second-order valence-electron chi connectivity index (χ2n) is 5.28. The highest BCUT2D eigenvalue weighted by molar-refractivity contribution is 5.94. The van der Waals surface area contributed by atoms with E-state index in [2.05, 4.69) is 12.2 Å². The number of carboxylic acid groups (broad SMARTS) is 1. The summed E-state index contributed by atoms with van der Waals surface area (Å²) in [6.07, 6.45) is 4.85. The Labute approximate surface area is 108 Å². The molecule has 1 aromatic rings. The number of nitrogens with one attached hydrogen (secondary N) is 1. The standard InChI is InChI=1S/C15H21NO2/c1-3-12(9-11-5-6-11)16-14-7-4-10(2)8-13(14)15(17)18/h4,7-8,11-12,16H,3,5-6,9H2,1-2H3,(H,17,18). The SMILES string of the molecule is CCC(CC1CC1)Nc1ccc(C)cc1C(=O)O. The monoisotopic (exact) mass is 247 g/mol. The van der Waals surface area contributed by atoms with Gasteiger partial charge in [0.25, 0.3) is 0 Å². The van der Waals surface area contributed by atoms with Crippen molar-refractivity contribution >= 4 is 11.7 Å². The summed E-state index contributed by atoms with van der Waals surface area (Å²) in [7, 11) is 0. The molecule has 1 fully saturated rings. The fraction of sp³-hybridized carbons (Fsp3) is 0.533. The van der Waals surface area contributed by atoms with Crippen LogP contribution in [0, 0.1) is 12.8 Å². The second kappa shape index (κ2) is 5.42. The minimum absolute atomic E-state index is 0.379. The van der Waals surface area contributed by atoms with Gasteiger partial charge in [0, 0.05) is 11.7 Å². The Balaban J connectivity index is 2.13.